The molecule has 0 saturated carbocycles. The molecule has 98 valence electrons. The lowest BCUT2D eigenvalue weighted by Gasteiger charge is -2.35. The van der Waals surface area contributed by atoms with Gasteiger partial charge >= 0.3 is 5.97 Å². The number of carboxylic acid groups (broad SMARTS) is 1. The number of carbonyl (C=O) groups is 1. The third-order valence-corrected chi connectivity index (χ3v) is 3.42. The second-order valence-corrected chi connectivity index (χ2v) is 4.68. The highest BCUT2D eigenvalue weighted by molar-refractivity contribution is 5.96. The van der Waals surface area contributed by atoms with Crippen molar-refractivity contribution in [3.63, 3.8) is 0 Å². The summed E-state index contributed by atoms with van der Waals surface area (Å²) in [4.78, 5) is 17.0. The van der Waals surface area contributed by atoms with Crippen LogP contribution in [-0.2, 0) is 0 Å². The summed E-state index contributed by atoms with van der Waals surface area (Å²) in [5.41, 5.74) is 6.04. The fourth-order valence-electron chi connectivity index (χ4n) is 2.14. The van der Waals surface area contributed by atoms with E-state index in [0.717, 1.165) is 13.0 Å². The van der Waals surface area contributed by atoms with Crippen LogP contribution in [0.1, 0.15) is 23.7 Å². The van der Waals surface area contributed by atoms with E-state index in [0.29, 0.717) is 12.4 Å². The zero-order valence-corrected chi connectivity index (χ0v) is 10.2. The molecule has 2 heterocycles. The minimum absolute atomic E-state index is 0.0492. The smallest absolute Gasteiger partial charge is 0.337 e. The largest absolute Gasteiger partial charge is 0.478 e. The Morgan fingerprint density at radius 1 is 1.61 bits per heavy atom. The highest BCUT2D eigenvalue weighted by Crippen LogP contribution is 2.28. The SMILES string of the molecule is CC1CCN(c2nccc(C(=O)O)c2N)CC1O. The summed E-state index contributed by atoms with van der Waals surface area (Å²) < 4.78 is 0. The van der Waals surface area contributed by atoms with Gasteiger partial charge in [0, 0.05) is 19.3 Å². The third kappa shape index (κ3) is 2.24. The summed E-state index contributed by atoms with van der Waals surface area (Å²) >= 11 is 0. The number of β-amino-alcohol motifs (C(OH)–C–C–N with tert-alkyl or cyclic N) is 1. The van der Waals surface area contributed by atoms with Gasteiger partial charge in [-0.25, -0.2) is 9.78 Å². The summed E-state index contributed by atoms with van der Waals surface area (Å²) in [7, 11) is 0. The lowest BCUT2D eigenvalue weighted by atomic mass is 9.96. The summed E-state index contributed by atoms with van der Waals surface area (Å²) in [6.45, 7) is 3.15. The molecule has 1 aliphatic heterocycles. The normalized spacial score (nSPS) is 24.0. The minimum atomic E-state index is -1.07. The number of piperidine rings is 1. The van der Waals surface area contributed by atoms with Crippen molar-refractivity contribution in [2.24, 2.45) is 5.92 Å². The topological polar surface area (TPSA) is 99.7 Å². The number of nitrogens with zero attached hydrogens (tertiary/aromatic N) is 2. The molecule has 0 aliphatic carbocycles. The average Bonchev–Trinajstić information content (AvgIpc) is 2.33. The summed E-state index contributed by atoms with van der Waals surface area (Å²) in [5.74, 6) is -0.381. The van der Waals surface area contributed by atoms with Crippen LogP contribution >= 0.6 is 0 Å². The first-order valence-corrected chi connectivity index (χ1v) is 5.91. The van der Waals surface area contributed by atoms with Gasteiger partial charge in [-0.1, -0.05) is 6.92 Å². The Kier molecular flexibility index (Phi) is 3.38. The highest BCUT2D eigenvalue weighted by Gasteiger charge is 2.27. The first-order valence-electron chi connectivity index (χ1n) is 5.91. The van der Waals surface area contributed by atoms with Gasteiger partial charge in [-0.2, -0.15) is 0 Å². The number of aromatic nitrogens is 1. The summed E-state index contributed by atoms with van der Waals surface area (Å²) in [6.07, 6.45) is 1.83. The lowest BCUT2D eigenvalue weighted by Crippen LogP contribution is -2.43. The zero-order chi connectivity index (χ0) is 13.3. The van der Waals surface area contributed by atoms with Crippen LogP contribution in [0.3, 0.4) is 0 Å². The number of nitrogen functional groups attached to an aromatic ring is 1. The van der Waals surface area contributed by atoms with Gasteiger partial charge in [0.05, 0.1) is 17.4 Å². The molecule has 2 unspecified atom stereocenters. The fraction of sp³-hybridized carbons (Fsp3) is 0.500. The molecule has 1 aromatic rings. The Hall–Kier alpha value is -1.82. The van der Waals surface area contributed by atoms with Crippen LogP contribution in [0.2, 0.25) is 0 Å². The first kappa shape index (κ1) is 12.6. The van der Waals surface area contributed by atoms with E-state index in [2.05, 4.69) is 4.98 Å². The minimum Gasteiger partial charge on any atom is -0.478 e. The molecule has 1 saturated heterocycles. The molecule has 2 atom stereocenters. The molecule has 0 radical (unpaired) electrons. The lowest BCUT2D eigenvalue weighted by molar-refractivity contribution is 0.0698. The van der Waals surface area contributed by atoms with Crippen LogP contribution in [0.4, 0.5) is 11.5 Å². The van der Waals surface area contributed by atoms with Gasteiger partial charge in [0.1, 0.15) is 0 Å². The first-order chi connectivity index (χ1) is 8.50. The number of aromatic carboxylic acids is 1. The van der Waals surface area contributed by atoms with Crippen molar-refractivity contribution < 1.29 is 15.0 Å². The molecule has 1 aromatic heterocycles. The van der Waals surface area contributed by atoms with Gasteiger partial charge in [0.25, 0.3) is 0 Å². The van der Waals surface area contributed by atoms with Gasteiger partial charge in [-0.15, -0.1) is 0 Å². The molecule has 0 bridgehead atoms. The Morgan fingerprint density at radius 2 is 2.33 bits per heavy atom. The van der Waals surface area contributed by atoms with Gasteiger partial charge in [-0.05, 0) is 18.4 Å². The fourth-order valence-corrected chi connectivity index (χ4v) is 2.14. The van der Waals surface area contributed by atoms with Crippen LogP contribution in [0, 0.1) is 5.92 Å². The molecular weight excluding hydrogens is 234 g/mol. The number of aliphatic hydroxyl groups is 1. The van der Waals surface area contributed by atoms with Crippen LogP contribution in [0.25, 0.3) is 0 Å². The Balaban J connectivity index is 2.29. The van der Waals surface area contributed by atoms with Crippen molar-refractivity contribution in [2.75, 3.05) is 23.7 Å². The molecule has 2 rings (SSSR count). The molecule has 0 amide bonds. The molecule has 0 spiro atoms. The zero-order valence-electron chi connectivity index (χ0n) is 10.2. The molecular formula is C12H17N3O3. The van der Waals surface area contributed by atoms with Crippen molar-refractivity contribution in [2.45, 2.75) is 19.4 Å². The van der Waals surface area contributed by atoms with Crippen molar-refractivity contribution in [1.82, 2.24) is 4.98 Å². The molecule has 1 fully saturated rings. The van der Waals surface area contributed by atoms with Crippen molar-refractivity contribution in [1.29, 1.82) is 0 Å². The predicted octanol–water partition coefficient (Wildman–Crippen LogP) is 0.569. The monoisotopic (exact) mass is 251 g/mol. The highest BCUT2D eigenvalue weighted by atomic mass is 16.4. The maximum Gasteiger partial charge on any atom is 0.337 e. The number of carboxylic acids is 1. The standard InChI is InChI=1S/C12H17N3O3/c1-7-3-5-15(6-9(7)16)11-10(13)8(12(17)18)2-4-14-11/h2,4,7,9,16H,3,5-6,13H2,1H3,(H,17,18). The van der Waals surface area contributed by atoms with E-state index in [9.17, 15) is 9.90 Å². The number of anilines is 2. The second kappa shape index (κ2) is 4.81. The molecule has 4 N–H and O–H groups in total. The Bertz CT molecular complexity index is 464. The van der Waals surface area contributed by atoms with E-state index in [1.54, 1.807) is 0 Å². The predicted molar refractivity (Wildman–Crippen MR) is 67.6 cm³/mol. The molecule has 1 aliphatic rings. The van der Waals surface area contributed by atoms with Crippen LogP contribution in [-0.4, -0.2) is 40.4 Å². The summed E-state index contributed by atoms with van der Waals surface area (Å²) in [6, 6.07) is 1.38. The molecule has 0 aromatic carbocycles. The number of pyridine rings is 1. The van der Waals surface area contributed by atoms with E-state index in [1.807, 2.05) is 11.8 Å². The van der Waals surface area contributed by atoms with E-state index < -0.39 is 12.1 Å². The maximum atomic E-state index is 11.0. The van der Waals surface area contributed by atoms with Gasteiger partial charge < -0.3 is 20.8 Å². The Labute approximate surface area is 105 Å². The van der Waals surface area contributed by atoms with Crippen LogP contribution in [0.5, 0.6) is 0 Å². The van der Waals surface area contributed by atoms with Gasteiger partial charge in [0.2, 0.25) is 0 Å². The van der Waals surface area contributed by atoms with Gasteiger partial charge in [-0.3, -0.25) is 0 Å². The number of hydrogen-bond acceptors (Lipinski definition) is 5. The quantitative estimate of drug-likeness (QED) is 0.710. The van der Waals surface area contributed by atoms with Crippen molar-refractivity contribution in [3.8, 4) is 0 Å². The van der Waals surface area contributed by atoms with E-state index >= 15 is 0 Å². The van der Waals surface area contributed by atoms with E-state index in [1.165, 1.54) is 12.3 Å². The molecule has 18 heavy (non-hydrogen) atoms. The number of aliphatic hydroxyl groups excluding tert-OH is 1. The molecule has 6 heteroatoms. The maximum absolute atomic E-state index is 11.0. The summed E-state index contributed by atoms with van der Waals surface area (Å²) in [5, 5.41) is 18.9. The van der Waals surface area contributed by atoms with Crippen molar-refractivity contribution in [3.05, 3.63) is 17.8 Å². The van der Waals surface area contributed by atoms with Crippen molar-refractivity contribution >= 4 is 17.5 Å². The third-order valence-electron chi connectivity index (χ3n) is 3.42. The average molecular weight is 251 g/mol. The van der Waals surface area contributed by atoms with E-state index in [-0.39, 0.29) is 17.2 Å². The molecule has 6 nitrogen and oxygen atoms in total. The second-order valence-electron chi connectivity index (χ2n) is 4.68. The number of nitrogens with two attached hydrogens (primary N) is 1. The van der Waals surface area contributed by atoms with E-state index in [4.69, 9.17) is 10.8 Å². The van der Waals surface area contributed by atoms with Crippen LogP contribution < -0.4 is 10.6 Å². The number of hydrogen-bond donors (Lipinski definition) is 3. The Morgan fingerprint density at radius 3 is 2.94 bits per heavy atom. The van der Waals surface area contributed by atoms with Gasteiger partial charge in [0.15, 0.2) is 5.82 Å². The van der Waals surface area contributed by atoms with Crippen LogP contribution in [0.15, 0.2) is 12.3 Å². The number of rotatable bonds is 2.